The van der Waals surface area contributed by atoms with Crippen LogP contribution in [0.1, 0.15) is 64.2 Å². The number of benzene rings is 1. The van der Waals surface area contributed by atoms with E-state index in [1.165, 1.54) is 64.2 Å². The summed E-state index contributed by atoms with van der Waals surface area (Å²) in [6.07, 6.45) is 14.8. The Kier molecular flexibility index (Phi) is 5.33. The van der Waals surface area contributed by atoms with Crippen molar-refractivity contribution >= 4 is 10.9 Å². The molecule has 2 aliphatic carbocycles. The average Bonchev–Trinajstić information content (AvgIpc) is 2.56. The molecule has 0 unspecified atom stereocenters. The van der Waals surface area contributed by atoms with E-state index in [0.29, 0.717) is 0 Å². The Morgan fingerprint density at radius 2 is 1.15 bits per heavy atom. The van der Waals surface area contributed by atoms with Gasteiger partial charge in [-0.1, -0.05) is 0 Å². The molecule has 0 bridgehead atoms. The standard InChI is InChI=1S/C18H27P.Rh/c1-4-10-16(11-5-1)19(17-12-6-2-7-13-17)18-14-8-3-9-15-18;/h1,4-5,10-11,17-18H,2-3,6-9,12-15H2;/q;-1/p+1. The van der Waals surface area contributed by atoms with Crippen LogP contribution in [0.25, 0.3) is 0 Å². The van der Waals surface area contributed by atoms with Gasteiger partial charge in [0.25, 0.3) is 0 Å². The third-order valence-corrected chi connectivity index (χ3v) is 15.6. The third-order valence-electron chi connectivity index (χ3n) is 5.57. The summed E-state index contributed by atoms with van der Waals surface area (Å²) in [5.74, 6) is 0. The molecule has 2 saturated carbocycles. The minimum atomic E-state index is -1.43. The van der Waals surface area contributed by atoms with Crippen molar-refractivity contribution in [3.8, 4) is 0 Å². The molecule has 20 heavy (non-hydrogen) atoms. The van der Waals surface area contributed by atoms with Crippen molar-refractivity contribution in [2.75, 3.05) is 0 Å². The molecule has 0 N–H and O–H groups in total. The van der Waals surface area contributed by atoms with E-state index in [1.54, 1.807) is 5.30 Å². The Morgan fingerprint density at radius 3 is 1.60 bits per heavy atom. The second-order valence-electron chi connectivity index (χ2n) is 6.77. The maximum atomic E-state index is 3.75. The predicted octanol–water partition coefficient (Wildman–Crippen LogP) is 5.19. The van der Waals surface area contributed by atoms with Crippen LogP contribution in [0, 0.1) is 0 Å². The van der Waals surface area contributed by atoms with E-state index in [2.05, 4.69) is 48.2 Å². The molecule has 2 aliphatic rings. The first-order valence-electron chi connectivity index (χ1n) is 8.54. The van der Waals surface area contributed by atoms with E-state index in [-0.39, 0.29) is 0 Å². The van der Waals surface area contributed by atoms with Crippen molar-refractivity contribution in [1.82, 2.24) is 0 Å². The van der Waals surface area contributed by atoms with Crippen molar-refractivity contribution in [3.63, 3.8) is 0 Å². The Balaban J connectivity index is 1.92. The van der Waals surface area contributed by atoms with Gasteiger partial charge in [-0.05, 0) is 0 Å². The van der Waals surface area contributed by atoms with Crippen LogP contribution in [0.5, 0.6) is 0 Å². The van der Waals surface area contributed by atoms with E-state index < -0.39 is 5.59 Å². The Bertz CT molecular complexity index is 387. The van der Waals surface area contributed by atoms with Gasteiger partial charge < -0.3 is 0 Å². The van der Waals surface area contributed by atoms with Gasteiger partial charge >= 0.3 is 135 Å². The number of hydrogen-bond donors (Lipinski definition) is 0. The van der Waals surface area contributed by atoms with Gasteiger partial charge in [0.1, 0.15) is 0 Å². The molecule has 0 atom stereocenters. The molecule has 114 valence electrons. The second-order valence-corrected chi connectivity index (χ2v) is 14.5. The van der Waals surface area contributed by atoms with Crippen LogP contribution in [0.2, 0.25) is 0 Å². The summed E-state index contributed by atoms with van der Waals surface area (Å²) in [7, 11) is 0. The van der Waals surface area contributed by atoms with Crippen LogP contribution >= 0.6 is 5.59 Å². The van der Waals surface area contributed by atoms with Crippen molar-refractivity contribution in [2.45, 2.75) is 75.5 Å². The Labute approximate surface area is 134 Å². The first kappa shape index (κ1) is 15.2. The van der Waals surface area contributed by atoms with Crippen LogP contribution in [0.3, 0.4) is 0 Å². The molecule has 0 saturated heterocycles. The molecule has 0 aromatic heterocycles. The van der Waals surface area contributed by atoms with Gasteiger partial charge in [-0.25, -0.2) is 0 Å². The van der Waals surface area contributed by atoms with E-state index in [4.69, 9.17) is 0 Å². The fourth-order valence-electron chi connectivity index (χ4n) is 4.51. The van der Waals surface area contributed by atoms with Crippen LogP contribution in [-0.4, -0.2) is 11.3 Å². The van der Waals surface area contributed by atoms with Gasteiger partial charge in [0.15, 0.2) is 0 Å². The molecule has 0 spiro atoms. The first-order chi connectivity index (χ1) is 9.82. The molecule has 2 heteroatoms. The molecule has 0 radical (unpaired) electrons. The van der Waals surface area contributed by atoms with Crippen LogP contribution < -0.4 is 5.30 Å². The first-order valence-corrected chi connectivity index (χ1v) is 13.0. The normalized spacial score (nSPS) is 23.7. The molecular weight excluding hydrogens is 350 g/mol. The molecule has 1 aromatic carbocycles. The SMILES string of the molecule is [Rh][PH](c1ccccc1)(C1CCCCC1)C1CCCCC1. The van der Waals surface area contributed by atoms with E-state index in [9.17, 15) is 0 Å². The second kappa shape index (κ2) is 7.02. The fourth-order valence-corrected chi connectivity index (χ4v) is 12.9. The predicted molar refractivity (Wildman–Crippen MR) is 88.1 cm³/mol. The average molecular weight is 378 g/mol. The molecule has 0 amide bonds. The minimum absolute atomic E-state index is 1.01. The third kappa shape index (κ3) is 3.05. The quantitative estimate of drug-likeness (QED) is 0.502. The molecule has 2 fully saturated rings. The summed E-state index contributed by atoms with van der Waals surface area (Å²) in [6, 6.07) is 11.6. The van der Waals surface area contributed by atoms with Crippen molar-refractivity contribution in [3.05, 3.63) is 30.3 Å². The Morgan fingerprint density at radius 1 is 0.700 bits per heavy atom. The van der Waals surface area contributed by atoms with Gasteiger partial charge in [-0.2, -0.15) is 0 Å². The molecule has 0 aliphatic heterocycles. The molecular formula is C18H28PRh. The van der Waals surface area contributed by atoms with E-state index >= 15 is 0 Å². The van der Waals surface area contributed by atoms with Crippen LogP contribution in [0.4, 0.5) is 0 Å². The zero-order valence-corrected chi connectivity index (χ0v) is 15.1. The summed E-state index contributed by atoms with van der Waals surface area (Å²) >= 11 is 3.75. The van der Waals surface area contributed by atoms with Gasteiger partial charge in [-0.3, -0.25) is 0 Å². The van der Waals surface area contributed by atoms with E-state index in [0.717, 1.165) is 11.3 Å². The molecule has 3 rings (SSSR count). The zero-order chi connectivity index (χ0) is 13.8. The van der Waals surface area contributed by atoms with Crippen LogP contribution in [0.15, 0.2) is 30.3 Å². The topological polar surface area (TPSA) is 0 Å². The van der Waals surface area contributed by atoms with Crippen molar-refractivity contribution in [2.24, 2.45) is 0 Å². The number of rotatable bonds is 3. The molecule has 0 heterocycles. The fraction of sp³-hybridized carbons (Fsp3) is 0.667. The number of hydrogen-bond acceptors (Lipinski definition) is 0. The zero-order valence-electron chi connectivity index (χ0n) is 12.4. The maximum absolute atomic E-state index is 3.75. The van der Waals surface area contributed by atoms with Crippen molar-refractivity contribution in [1.29, 1.82) is 0 Å². The van der Waals surface area contributed by atoms with Gasteiger partial charge in [0.05, 0.1) is 0 Å². The monoisotopic (exact) mass is 378 g/mol. The van der Waals surface area contributed by atoms with Gasteiger partial charge in [0, 0.05) is 0 Å². The summed E-state index contributed by atoms with van der Waals surface area (Å²) in [4.78, 5) is 0. The van der Waals surface area contributed by atoms with Gasteiger partial charge in [0.2, 0.25) is 0 Å². The van der Waals surface area contributed by atoms with Gasteiger partial charge in [-0.15, -0.1) is 0 Å². The summed E-state index contributed by atoms with van der Waals surface area (Å²) in [6.45, 7) is 0. The summed E-state index contributed by atoms with van der Waals surface area (Å²) in [5, 5.41) is 1.71. The van der Waals surface area contributed by atoms with Crippen LogP contribution in [-0.2, 0) is 17.8 Å². The summed E-state index contributed by atoms with van der Waals surface area (Å²) < 4.78 is 0. The summed E-state index contributed by atoms with van der Waals surface area (Å²) in [5.41, 5.74) is 0.583. The van der Waals surface area contributed by atoms with Crippen molar-refractivity contribution < 1.29 is 17.8 Å². The molecule has 0 nitrogen and oxygen atoms in total. The molecule has 1 aromatic rings. The van der Waals surface area contributed by atoms with E-state index in [1.807, 2.05) is 0 Å². The Hall–Kier alpha value is 0.273.